The van der Waals surface area contributed by atoms with Crippen LogP contribution in [0.2, 0.25) is 0 Å². The first-order valence-corrected chi connectivity index (χ1v) is 5.57. The summed E-state index contributed by atoms with van der Waals surface area (Å²) in [5, 5.41) is 2.88. The molecule has 1 aliphatic rings. The molecule has 0 saturated heterocycles. The van der Waals surface area contributed by atoms with E-state index < -0.39 is 0 Å². The summed E-state index contributed by atoms with van der Waals surface area (Å²) >= 11 is 0. The molecule has 1 rings (SSSR count). The molecule has 0 bridgehead atoms. The maximum atomic E-state index is 11.4. The molecule has 4 heteroatoms. The van der Waals surface area contributed by atoms with Crippen LogP contribution in [-0.4, -0.2) is 24.5 Å². The number of amides is 1. The molecule has 4 nitrogen and oxygen atoms in total. The van der Waals surface area contributed by atoms with Crippen molar-refractivity contribution in [3.8, 4) is 0 Å². The zero-order valence-electron chi connectivity index (χ0n) is 9.41. The zero-order valence-corrected chi connectivity index (χ0v) is 9.41. The van der Waals surface area contributed by atoms with E-state index in [1.165, 1.54) is 6.92 Å². The predicted molar refractivity (Wildman–Crippen MR) is 56.2 cm³/mol. The Hall–Kier alpha value is -1.06. The Labute approximate surface area is 90.4 Å². The molecule has 86 valence electrons. The van der Waals surface area contributed by atoms with Crippen molar-refractivity contribution in [1.82, 2.24) is 5.32 Å². The van der Waals surface area contributed by atoms with Crippen molar-refractivity contribution in [1.29, 1.82) is 0 Å². The lowest BCUT2D eigenvalue weighted by Gasteiger charge is -2.27. The van der Waals surface area contributed by atoms with Gasteiger partial charge in [-0.3, -0.25) is 9.59 Å². The van der Waals surface area contributed by atoms with Crippen LogP contribution in [0.5, 0.6) is 0 Å². The van der Waals surface area contributed by atoms with E-state index >= 15 is 0 Å². The van der Waals surface area contributed by atoms with E-state index in [1.54, 1.807) is 0 Å². The highest BCUT2D eigenvalue weighted by Gasteiger charge is 2.27. The van der Waals surface area contributed by atoms with Crippen molar-refractivity contribution in [2.24, 2.45) is 5.92 Å². The maximum Gasteiger partial charge on any atom is 0.308 e. The highest BCUT2D eigenvalue weighted by molar-refractivity contribution is 5.74. The summed E-state index contributed by atoms with van der Waals surface area (Å²) in [4.78, 5) is 22.2. The van der Waals surface area contributed by atoms with Gasteiger partial charge in [-0.25, -0.2) is 0 Å². The molecule has 0 spiro atoms. The summed E-state index contributed by atoms with van der Waals surface area (Å²) in [6.45, 7) is 3.79. The first-order chi connectivity index (χ1) is 7.13. The highest BCUT2D eigenvalue weighted by Crippen LogP contribution is 2.25. The number of hydrogen-bond donors (Lipinski definition) is 1. The highest BCUT2D eigenvalue weighted by atomic mass is 16.5. The van der Waals surface area contributed by atoms with Crippen molar-refractivity contribution < 1.29 is 14.3 Å². The van der Waals surface area contributed by atoms with Crippen LogP contribution >= 0.6 is 0 Å². The second-order valence-corrected chi connectivity index (χ2v) is 4.00. The van der Waals surface area contributed by atoms with Gasteiger partial charge in [0.1, 0.15) is 0 Å². The van der Waals surface area contributed by atoms with E-state index in [9.17, 15) is 9.59 Å². The summed E-state index contributed by atoms with van der Waals surface area (Å²) in [5.41, 5.74) is 0. The number of hydrogen-bond acceptors (Lipinski definition) is 3. The fraction of sp³-hybridized carbons (Fsp3) is 0.818. The lowest BCUT2D eigenvalue weighted by Crippen LogP contribution is -2.37. The molecule has 0 aromatic rings. The smallest absolute Gasteiger partial charge is 0.308 e. The minimum Gasteiger partial charge on any atom is -0.466 e. The maximum absolute atomic E-state index is 11.4. The van der Waals surface area contributed by atoms with Gasteiger partial charge in [0.15, 0.2) is 0 Å². The summed E-state index contributed by atoms with van der Waals surface area (Å²) < 4.78 is 4.97. The Morgan fingerprint density at radius 2 is 1.87 bits per heavy atom. The van der Waals surface area contributed by atoms with Gasteiger partial charge in [0.25, 0.3) is 0 Å². The van der Waals surface area contributed by atoms with Crippen LogP contribution in [0.1, 0.15) is 39.5 Å². The van der Waals surface area contributed by atoms with Crippen LogP contribution in [0.25, 0.3) is 0 Å². The second-order valence-electron chi connectivity index (χ2n) is 4.00. The summed E-state index contributed by atoms with van der Waals surface area (Å²) in [5.74, 6) is -0.0386. The fourth-order valence-electron chi connectivity index (χ4n) is 2.02. The second kappa shape index (κ2) is 5.73. The number of nitrogens with one attached hydrogen (secondary N) is 1. The van der Waals surface area contributed by atoms with Crippen LogP contribution in [0.3, 0.4) is 0 Å². The molecule has 0 heterocycles. The van der Waals surface area contributed by atoms with Gasteiger partial charge in [-0.1, -0.05) is 0 Å². The van der Waals surface area contributed by atoms with Crippen LogP contribution in [0.4, 0.5) is 0 Å². The van der Waals surface area contributed by atoms with Gasteiger partial charge in [0, 0.05) is 13.0 Å². The van der Waals surface area contributed by atoms with Crippen LogP contribution in [-0.2, 0) is 14.3 Å². The first kappa shape index (κ1) is 12.0. The molecule has 0 aromatic heterocycles. The minimum absolute atomic E-state index is 0.00887. The van der Waals surface area contributed by atoms with Crippen molar-refractivity contribution in [3.63, 3.8) is 0 Å². The Balaban J connectivity index is 2.29. The average Bonchev–Trinajstić information content (AvgIpc) is 2.18. The van der Waals surface area contributed by atoms with Crippen molar-refractivity contribution in [3.05, 3.63) is 0 Å². The van der Waals surface area contributed by atoms with E-state index in [2.05, 4.69) is 5.32 Å². The molecule has 0 aromatic carbocycles. The molecule has 1 N–H and O–H groups in total. The van der Waals surface area contributed by atoms with Gasteiger partial charge in [0.2, 0.25) is 5.91 Å². The number of ether oxygens (including phenoxy) is 1. The number of carbonyl (C=O) groups excluding carboxylic acids is 2. The lowest BCUT2D eigenvalue weighted by atomic mass is 9.86. The Bertz CT molecular complexity index is 232. The third-order valence-electron chi connectivity index (χ3n) is 2.75. The molecule has 1 saturated carbocycles. The largest absolute Gasteiger partial charge is 0.466 e. The third-order valence-corrected chi connectivity index (χ3v) is 2.75. The topological polar surface area (TPSA) is 55.4 Å². The van der Waals surface area contributed by atoms with Gasteiger partial charge in [-0.2, -0.15) is 0 Å². The quantitative estimate of drug-likeness (QED) is 0.718. The lowest BCUT2D eigenvalue weighted by molar-refractivity contribution is -0.149. The molecule has 15 heavy (non-hydrogen) atoms. The number of esters is 1. The standard InChI is InChI=1S/C11H19NO3/c1-3-15-11(14)9-4-6-10(7-5-9)12-8(2)13/h9-10H,3-7H2,1-2H3,(H,12,13). The summed E-state index contributed by atoms with van der Waals surface area (Å²) in [6.07, 6.45) is 3.40. The SMILES string of the molecule is CCOC(=O)C1CCC(NC(C)=O)CC1. The zero-order chi connectivity index (χ0) is 11.3. The predicted octanol–water partition coefficient (Wildman–Crippen LogP) is 1.24. The molecule has 0 atom stereocenters. The number of rotatable bonds is 3. The van der Waals surface area contributed by atoms with E-state index in [0.29, 0.717) is 6.61 Å². The molecule has 1 fully saturated rings. The Kier molecular flexibility index (Phi) is 4.59. The van der Waals surface area contributed by atoms with Gasteiger partial charge in [-0.05, 0) is 32.6 Å². The third kappa shape index (κ3) is 3.90. The Morgan fingerprint density at radius 1 is 1.27 bits per heavy atom. The fourth-order valence-corrected chi connectivity index (χ4v) is 2.02. The summed E-state index contributed by atoms with van der Waals surface area (Å²) in [6, 6.07) is 0.244. The van der Waals surface area contributed by atoms with E-state index in [0.717, 1.165) is 25.7 Å². The molecular formula is C11H19NO3. The minimum atomic E-state index is -0.0845. The monoisotopic (exact) mass is 213 g/mol. The molecule has 1 aliphatic carbocycles. The average molecular weight is 213 g/mol. The molecule has 0 unspecified atom stereocenters. The van der Waals surface area contributed by atoms with Crippen LogP contribution in [0.15, 0.2) is 0 Å². The van der Waals surface area contributed by atoms with Crippen LogP contribution < -0.4 is 5.32 Å². The molecular weight excluding hydrogens is 194 g/mol. The summed E-state index contributed by atoms with van der Waals surface area (Å²) in [7, 11) is 0. The van der Waals surface area contributed by atoms with Crippen molar-refractivity contribution in [2.75, 3.05) is 6.61 Å². The van der Waals surface area contributed by atoms with Gasteiger partial charge < -0.3 is 10.1 Å². The van der Waals surface area contributed by atoms with Crippen molar-refractivity contribution >= 4 is 11.9 Å². The molecule has 1 amide bonds. The van der Waals surface area contributed by atoms with E-state index in [1.807, 2.05) is 6.92 Å². The van der Waals surface area contributed by atoms with Gasteiger partial charge in [0.05, 0.1) is 12.5 Å². The molecule has 0 aliphatic heterocycles. The number of carbonyl (C=O) groups is 2. The van der Waals surface area contributed by atoms with E-state index in [-0.39, 0.29) is 23.8 Å². The Morgan fingerprint density at radius 3 is 2.33 bits per heavy atom. The van der Waals surface area contributed by atoms with E-state index in [4.69, 9.17) is 4.74 Å². The van der Waals surface area contributed by atoms with Crippen molar-refractivity contribution in [2.45, 2.75) is 45.6 Å². The van der Waals surface area contributed by atoms with Gasteiger partial charge >= 0.3 is 5.97 Å². The van der Waals surface area contributed by atoms with Gasteiger partial charge in [-0.15, -0.1) is 0 Å². The van der Waals surface area contributed by atoms with Crippen LogP contribution in [0, 0.1) is 5.92 Å². The normalized spacial score (nSPS) is 25.7. The molecule has 0 radical (unpaired) electrons. The first-order valence-electron chi connectivity index (χ1n) is 5.57.